The van der Waals surface area contributed by atoms with E-state index in [0.29, 0.717) is 6.42 Å². The maximum atomic E-state index is 11.1. The van der Waals surface area contributed by atoms with Crippen molar-refractivity contribution in [3.8, 4) is 0 Å². The molecule has 0 saturated carbocycles. The second-order valence-electron chi connectivity index (χ2n) is 5.16. The van der Waals surface area contributed by atoms with Crippen molar-refractivity contribution in [1.29, 1.82) is 0 Å². The Bertz CT molecular complexity index is 478. The monoisotopic (exact) mass is 254 g/mol. The number of rotatable bonds is 6. The highest BCUT2D eigenvalue weighted by Crippen LogP contribution is 2.31. The van der Waals surface area contributed by atoms with Gasteiger partial charge in [0.25, 0.3) is 0 Å². The lowest BCUT2D eigenvalue weighted by Crippen LogP contribution is -2.28. The van der Waals surface area contributed by atoms with Gasteiger partial charge < -0.3 is 5.11 Å². The number of hydrogen-bond donors (Lipinski definition) is 1. The van der Waals surface area contributed by atoms with Crippen LogP contribution in [0, 0.1) is 0 Å². The van der Waals surface area contributed by atoms with E-state index in [9.17, 15) is 5.11 Å². The molecule has 1 heteroatoms. The minimum Gasteiger partial charge on any atom is -0.385 e. The Hall–Kier alpha value is -1.60. The highest BCUT2D eigenvalue weighted by atomic mass is 16.3. The zero-order chi connectivity index (χ0) is 13.6. The molecule has 0 radical (unpaired) electrons. The zero-order valence-electron chi connectivity index (χ0n) is 11.5. The summed E-state index contributed by atoms with van der Waals surface area (Å²) in [5, 5.41) is 11.1. The summed E-state index contributed by atoms with van der Waals surface area (Å²) < 4.78 is 0. The normalized spacial score (nSPS) is 14.0. The van der Waals surface area contributed by atoms with Gasteiger partial charge in [-0.2, -0.15) is 0 Å². The average Bonchev–Trinajstić information content (AvgIpc) is 2.47. The molecule has 0 heterocycles. The van der Waals surface area contributed by atoms with E-state index in [1.165, 1.54) is 5.56 Å². The van der Waals surface area contributed by atoms with Gasteiger partial charge in [0.15, 0.2) is 0 Å². The van der Waals surface area contributed by atoms with Gasteiger partial charge in [0.05, 0.1) is 5.60 Å². The molecule has 2 rings (SSSR count). The van der Waals surface area contributed by atoms with Crippen LogP contribution >= 0.6 is 0 Å². The van der Waals surface area contributed by atoms with E-state index in [-0.39, 0.29) is 0 Å². The Kier molecular flexibility index (Phi) is 4.75. The van der Waals surface area contributed by atoms with Crippen LogP contribution in [0.4, 0.5) is 0 Å². The average molecular weight is 254 g/mol. The standard InChI is InChI=1S/C18H22O/c1-2-3-14-18(19,17-12-8-5-9-13-17)15-16-10-6-4-7-11-16/h4-13,19H,2-3,14-15H2,1H3. The van der Waals surface area contributed by atoms with E-state index in [2.05, 4.69) is 19.1 Å². The fourth-order valence-electron chi connectivity index (χ4n) is 2.49. The lowest BCUT2D eigenvalue weighted by Gasteiger charge is -2.29. The maximum Gasteiger partial charge on any atom is 0.0936 e. The van der Waals surface area contributed by atoms with Crippen molar-refractivity contribution in [2.45, 2.75) is 38.2 Å². The fourth-order valence-corrected chi connectivity index (χ4v) is 2.49. The summed E-state index contributed by atoms with van der Waals surface area (Å²) in [6.45, 7) is 2.16. The summed E-state index contributed by atoms with van der Waals surface area (Å²) >= 11 is 0. The van der Waals surface area contributed by atoms with Gasteiger partial charge in [-0.3, -0.25) is 0 Å². The van der Waals surface area contributed by atoms with E-state index in [4.69, 9.17) is 0 Å². The summed E-state index contributed by atoms with van der Waals surface area (Å²) in [6, 6.07) is 20.3. The minimum atomic E-state index is -0.751. The maximum absolute atomic E-state index is 11.1. The SMILES string of the molecule is CCCCC(O)(Cc1ccccc1)c1ccccc1. The molecule has 0 aromatic heterocycles. The van der Waals surface area contributed by atoms with Gasteiger partial charge in [-0.1, -0.05) is 80.4 Å². The first-order valence-electron chi connectivity index (χ1n) is 7.06. The lowest BCUT2D eigenvalue weighted by molar-refractivity contribution is 0.0254. The molecule has 1 unspecified atom stereocenters. The second-order valence-corrected chi connectivity index (χ2v) is 5.16. The van der Waals surface area contributed by atoms with Gasteiger partial charge in [-0.05, 0) is 17.5 Å². The highest BCUT2D eigenvalue weighted by Gasteiger charge is 2.28. The molecule has 19 heavy (non-hydrogen) atoms. The van der Waals surface area contributed by atoms with Crippen LogP contribution in [0.5, 0.6) is 0 Å². The molecule has 0 saturated heterocycles. The zero-order valence-corrected chi connectivity index (χ0v) is 11.5. The molecule has 1 N–H and O–H groups in total. The van der Waals surface area contributed by atoms with Crippen molar-refractivity contribution in [3.63, 3.8) is 0 Å². The lowest BCUT2D eigenvalue weighted by atomic mass is 9.83. The molecule has 1 nitrogen and oxygen atoms in total. The summed E-state index contributed by atoms with van der Waals surface area (Å²) in [6.07, 6.45) is 3.63. The second kappa shape index (κ2) is 6.53. The Morgan fingerprint density at radius 3 is 2.05 bits per heavy atom. The molecule has 0 aliphatic carbocycles. The van der Waals surface area contributed by atoms with E-state index >= 15 is 0 Å². The van der Waals surface area contributed by atoms with Crippen molar-refractivity contribution in [1.82, 2.24) is 0 Å². The number of hydrogen-bond acceptors (Lipinski definition) is 1. The number of benzene rings is 2. The third-order valence-electron chi connectivity index (χ3n) is 3.59. The molecular weight excluding hydrogens is 232 g/mol. The summed E-state index contributed by atoms with van der Waals surface area (Å²) in [4.78, 5) is 0. The third kappa shape index (κ3) is 3.68. The van der Waals surface area contributed by atoms with Crippen LogP contribution < -0.4 is 0 Å². The predicted molar refractivity (Wildman–Crippen MR) is 80.0 cm³/mol. The van der Waals surface area contributed by atoms with Gasteiger partial charge >= 0.3 is 0 Å². The summed E-state index contributed by atoms with van der Waals surface area (Å²) in [7, 11) is 0. The van der Waals surface area contributed by atoms with Crippen molar-refractivity contribution in [3.05, 3.63) is 71.8 Å². The summed E-state index contributed by atoms with van der Waals surface area (Å²) in [5.74, 6) is 0. The molecule has 0 aliphatic heterocycles. The highest BCUT2D eigenvalue weighted by molar-refractivity contribution is 5.26. The Morgan fingerprint density at radius 2 is 1.47 bits per heavy atom. The smallest absolute Gasteiger partial charge is 0.0936 e. The van der Waals surface area contributed by atoms with E-state index in [0.717, 1.165) is 24.8 Å². The first-order chi connectivity index (χ1) is 9.24. The van der Waals surface area contributed by atoms with Gasteiger partial charge in [0.2, 0.25) is 0 Å². The molecule has 2 aromatic rings. The predicted octanol–water partition coefficient (Wildman–Crippen LogP) is 4.31. The molecule has 0 bridgehead atoms. The molecule has 0 aliphatic rings. The first kappa shape index (κ1) is 13.8. The molecule has 0 spiro atoms. The van der Waals surface area contributed by atoms with Crippen molar-refractivity contribution in [2.24, 2.45) is 0 Å². The first-order valence-corrected chi connectivity index (χ1v) is 7.06. The van der Waals surface area contributed by atoms with Crippen LogP contribution in [0.25, 0.3) is 0 Å². The molecule has 100 valence electrons. The van der Waals surface area contributed by atoms with Crippen LogP contribution in [0.3, 0.4) is 0 Å². The van der Waals surface area contributed by atoms with E-state index in [1.807, 2.05) is 48.5 Å². The van der Waals surface area contributed by atoms with Crippen molar-refractivity contribution >= 4 is 0 Å². The topological polar surface area (TPSA) is 20.2 Å². The van der Waals surface area contributed by atoms with Crippen LogP contribution in [-0.4, -0.2) is 5.11 Å². The van der Waals surface area contributed by atoms with Gasteiger partial charge in [0.1, 0.15) is 0 Å². The van der Waals surface area contributed by atoms with Gasteiger partial charge in [-0.25, -0.2) is 0 Å². The van der Waals surface area contributed by atoms with E-state index < -0.39 is 5.60 Å². The number of unbranched alkanes of at least 4 members (excludes halogenated alkanes) is 1. The molecular formula is C18H22O. The van der Waals surface area contributed by atoms with Gasteiger partial charge in [0, 0.05) is 6.42 Å². The molecule has 0 amide bonds. The van der Waals surface area contributed by atoms with Crippen LogP contribution in [0.2, 0.25) is 0 Å². The van der Waals surface area contributed by atoms with Gasteiger partial charge in [-0.15, -0.1) is 0 Å². The third-order valence-corrected chi connectivity index (χ3v) is 3.59. The fraction of sp³-hybridized carbons (Fsp3) is 0.333. The van der Waals surface area contributed by atoms with Crippen molar-refractivity contribution in [2.75, 3.05) is 0 Å². The molecule has 2 aromatic carbocycles. The molecule has 0 fully saturated rings. The quantitative estimate of drug-likeness (QED) is 0.814. The van der Waals surface area contributed by atoms with E-state index in [1.54, 1.807) is 0 Å². The van der Waals surface area contributed by atoms with Crippen LogP contribution in [0.15, 0.2) is 60.7 Å². The minimum absolute atomic E-state index is 0.678. The van der Waals surface area contributed by atoms with Crippen molar-refractivity contribution < 1.29 is 5.11 Å². The van der Waals surface area contributed by atoms with Crippen LogP contribution in [-0.2, 0) is 12.0 Å². The largest absolute Gasteiger partial charge is 0.385 e. The Morgan fingerprint density at radius 1 is 0.895 bits per heavy atom. The summed E-state index contributed by atoms with van der Waals surface area (Å²) in [5.41, 5.74) is 1.45. The molecule has 1 atom stereocenters. The number of aliphatic hydroxyl groups is 1. The Balaban J connectivity index is 2.24. The van der Waals surface area contributed by atoms with Crippen LogP contribution in [0.1, 0.15) is 37.3 Å². The Labute approximate surface area is 115 Å².